The fourth-order valence-corrected chi connectivity index (χ4v) is 8.15. The van der Waals surface area contributed by atoms with Crippen LogP contribution in [0.15, 0.2) is 0 Å². The molecule has 210 valence electrons. The van der Waals surface area contributed by atoms with Gasteiger partial charge in [-0.3, -0.25) is 15.4 Å². The SMILES string of the molecule is COC1CNC(Cl)CC1C1CC(C)NCC1C(=O)NC1NC2CN(C(=O)N3CC(OC(F)F)C3)CC2S1. The first-order valence-corrected chi connectivity index (χ1v) is 14.4. The Kier molecular flexibility index (Phi) is 8.69. The molecule has 4 N–H and O–H groups in total. The maximum atomic E-state index is 13.5. The highest BCUT2D eigenvalue weighted by Crippen LogP contribution is 2.38. The van der Waals surface area contributed by atoms with Crippen molar-refractivity contribution in [1.82, 2.24) is 31.1 Å². The minimum absolute atomic E-state index is 0.0195. The normalized spacial score (nSPS) is 40.5. The summed E-state index contributed by atoms with van der Waals surface area (Å²) in [5, 5.41) is 13.6. The third-order valence-corrected chi connectivity index (χ3v) is 10.1. The summed E-state index contributed by atoms with van der Waals surface area (Å²) in [5.41, 5.74) is -0.346. The van der Waals surface area contributed by atoms with Crippen molar-refractivity contribution in [2.45, 2.75) is 66.9 Å². The van der Waals surface area contributed by atoms with Crippen LogP contribution in [0.2, 0.25) is 0 Å². The molecular formula is C23H37ClF2N6O4S. The molecule has 5 aliphatic rings. The Bertz CT molecular complexity index is 831. The van der Waals surface area contributed by atoms with E-state index in [0.29, 0.717) is 32.2 Å². The highest BCUT2D eigenvalue weighted by Gasteiger charge is 2.48. The molecule has 0 radical (unpaired) electrons. The van der Waals surface area contributed by atoms with Gasteiger partial charge in [-0.05, 0) is 31.6 Å². The molecule has 3 amide bonds. The molecule has 0 aromatic heterocycles. The van der Waals surface area contributed by atoms with Gasteiger partial charge in [0.2, 0.25) is 5.91 Å². The number of alkyl halides is 3. The molecule has 5 saturated heterocycles. The third-order valence-electron chi connectivity index (χ3n) is 8.42. The highest BCUT2D eigenvalue weighted by atomic mass is 35.5. The Labute approximate surface area is 225 Å². The number of halogens is 3. The molecule has 0 aromatic carbocycles. The van der Waals surface area contributed by atoms with Crippen LogP contribution in [-0.2, 0) is 14.3 Å². The number of carbonyl (C=O) groups excluding carboxylic acids is 2. The molecular weight excluding hydrogens is 530 g/mol. The number of fused-ring (bicyclic) bond motifs is 1. The van der Waals surface area contributed by atoms with E-state index in [4.69, 9.17) is 16.3 Å². The smallest absolute Gasteiger partial charge is 0.345 e. The van der Waals surface area contributed by atoms with E-state index < -0.39 is 12.7 Å². The van der Waals surface area contributed by atoms with Gasteiger partial charge in [0.15, 0.2) is 0 Å². The molecule has 0 aliphatic carbocycles. The van der Waals surface area contributed by atoms with E-state index in [-0.39, 0.29) is 71.2 Å². The predicted octanol–water partition coefficient (Wildman–Crippen LogP) is 0.622. The van der Waals surface area contributed by atoms with Crippen LogP contribution in [0.1, 0.15) is 19.8 Å². The fraction of sp³-hybridized carbons (Fsp3) is 0.913. The molecule has 5 heterocycles. The lowest BCUT2D eigenvalue weighted by Gasteiger charge is -2.45. The first-order chi connectivity index (χ1) is 17.7. The number of thioether (sulfide) groups is 1. The number of amides is 3. The number of methoxy groups -OCH3 is 1. The van der Waals surface area contributed by atoms with Crippen LogP contribution in [0.3, 0.4) is 0 Å². The van der Waals surface area contributed by atoms with Crippen molar-refractivity contribution >= 4 is 35.3 Å². The zero-order valence-corrected chi connectivity index (χ0v) is 22.6. The van der Waals surface area contributed by atoms with Crippen LogP contribution in [-0.4, -0.2) is 115 Å². The predicted molar refractivity (Wildman–Crippen MR) is 135 cm³/mol. The van der Waals surface area contributed by atoms with Gasteiger partial charge >= 0.3 is 12.6 Å². The lowest BCUT2D eigenvalue weighted by molar-refractivity contribution is -0.190. The van der Waals surface area contributed by atoms with Crippen LogP contribution < -0.4 is 21.3 Å². The van der Waals surface area contributed by atoms with Crippen molar-refractivity contribution in [2.24, 2.45) is 17.8 Å². The van der Waals surface area contributed by atoms with Gasteiger partial charge < -0.3 is 29.9 Å². The van der Waals surface area contributed by atoms with Crippen LogP contribution in [0, 0.1) is 17.8 Å². The second-order valence-corrected chi connectivity index (χ2v) is 12.7. The maximum absolute atomic E-state index is 13.5. The number of rotatable bonds is 6. The van der Waals surface area contributed by atoms with Crippen LogP contribution >= 0.6 is 23.4 Å². The van der Waals surface area contributed by atoms with Gasteiger partial charge in [-0.25, -0.2) is 4.79 Å². The van der Waals surface area contributed by atoms with E-state index in [0.717, 1.165) is 12.8 Å². The summed E-state index contributed by atoms with van der Waals surface area (Å²) in [4.78, 5) is 29.5. The maximum Gasteiger partial charge on any atom is 0.345 e. The van der Waals surface area contributed by atoms with Gasteiger partial charge in [0.1, 0.15) is 5.50 Å². The van der Waals surface area contributed by atoms with Crippen molar-refractivity contribution in [1.29, 1.82) is 0 Å². The molecule has 5 aliphatic heterocycles. The standard InChI is InChI=1S/C23H37ClF2N6O4S/c1-11-3-13(14-4-19(24)28-6-17(14)35-2)15(5-27-11)20(33)30-22-29-16-9-32(10-18(16)37-22)23(34)31-7-12(8-31)36-21(25)26/h11-19,21-22,27-29H,3-10H2,1-2H3,(H,30,33). The Morgan fingerprint density at radius 2 is 1.84 bits per heavy atom. The number of ether oxygens (including phenoxy) is 2. The number of hydrogen-bond donors (Lipinski definition) is 4. The molecule has 5 fully saturated rings. The van der Waals surface area contributed by atoms with Crippen molar-refractivity contribution < 1.29 is 27.8 Å². The molecule has 14 heteroatoms. The number of piperidine rings is 2. The first kappa shape index (κ1) is 27.6. The number of hydrogen-bond acceptors (Lipinski definition) is 8. The fourth-order valence-electron chi connectivity index (χ4n) is 6.45. The average Bonchev–Trinajstić information content (AvgIpc) is 3.39. The second kappa shape index (κ2) is 11.6. The number of nitrogens with zero attached hydrogens (tertiary/aromatic N) is 2. The number of likely N-dealkylation sites (tertiary alicyclic amines) is 2. The molecule has 5 rings (SSSR count). The van der Waals surface area contributed by atoms with E-state index in [1.807, 2.05) is 0 Å². The zero-order valence-electron chi connectivity index (χ0n) is 21.1. The molecule has 9 atom stereocenters. The molecule has 0 aromatic rings. The summed E-state index contributed by atoms with van der Waals surface area (Å²) in [7, 11) is 1.72. The lowest BCUT2D eigenvalue weighted by Crippen LogP contribution is -2.59. The molecule has 0 spiro atoms. The Morgan fingerprint density at radius 1 is 1.08 bits per heavy atom. The van der Waals surface area contributed by atoms with E-state index in [2.05, 4.69) is 32.9 Å². The van der Waals surface area contributed by atoms with Crippen molar-refractivity contribution in [3.05, 3.63) is 0 Å². The number of carbonyl (C=O) groups is 2. The minimum Gasteiger partial charge on any atom is -0.380 e. The van der Waals surface area contributed by atoms with Crippen LogP contribution in [0.5, 0.6) is 0 Å². The first-order valence-electron chi connectivity index (χ1n) is 13.0. The monoisotopic (exact) mass is 566 g/mol. The van der Waals surface area contributed by atoms with Gasteiger partial charge in [-0.1, -0.05) is 0 Å². The molecule has 37 heavy (non-hydrogen) atoms. The topological polar surface area (TPSA) is 107 Å². The Morgan fingerprint density at radius 3 is 2.54 bits per heavy atom. The average molecular weight is 567 g/mol. The van der Waals surface area contributed by atoms with Gasteiger partial charge in [-0.2, -0.15) is 8.78 Å². The third kappa shape index (κ3) is 6.12. The van der Waals surface area contributed by atoms with E-state index in [9.17, 15) is 18.4 Å². The summed E-state index contributed by atoms with van der Waals surface area (Å²) in [6, 6.07) is 0.234. The van der Waals surface area contributed by atoms with Crippen molar-refractivity contribution in [3.63, 3.8) is 0 Å². The summed E-state index contributed by atoms with van der Waals surface area (Å²) in [5.74, 6) is 0.200. The van der Waals surface area contributed by atoms with Gasteiger partial charge in [0, 0.05) is 50.6 Å². The molecule has 10 nitrogen and oxygen atoms in total. The van der Waals surface area contributed by atoms with E-state index >= 15 is 0 Å². The summed E-state index contributed by atoms with van der Waals surface area (Å²) in [6.07, 6.45) is 1.07. The van der Waals surface area contributed by atoms with Gasteiger partial charge in [-0.15, -0.1) is 23.4 Å². The largest absolute Gasteiger partial charge is 0.380 e. The number of nitrogens with one attached hydrogen (secondary N) is 4. The van der Waals surface area contributed by atoms with Gasteiger partial charge in [0.25, 0.3) is 0 Å². The minimum atomic E-state index is -2.82. The van der Waals surface area contributed by atoms with E-state index in [1.165, 1.54) is 4.90 Å². The van der Waals surface area contributed by atoms with Crippen LogP contribution in [0.4, 0.5) is 13.6 Å². The summed E-state index contributed by atoms with van der Waals surface area (Å²) >= 11 is 8.07. The Hall–Kier alpha value is -0.960. The zero-order chi connectivity index (χ0) is 26.3. The Balaban J connectivity index is 1.12. The summed E-state index contributed by atoms with van der Waals surface area (Å²) < 4.78 is 34.9. The highest BCUT2D eigenvalue weighted by molar-refractivity contribution is 8.00. The molecule has 0 saturated carbocycles. The molecule has 9 unspecified atom stereocenters. The van der Waals surface area contributed by atoms with E-state index in [1.54, 1.807) is 23.8 Å². The quantitative estimate of drug-likeness (QED) is 0.274. The second-order valence-electron chi connectivity index (χ2n) is 10.8. The van der Waals surface area contributed by atoms with Crippen LogP contribution in [0.25, 0.3) is 0 Å². The molecule has 0 bridgehead atoms. The number of urea groups is 1. The lowest BCUT2D eigenvalue weighted by atomic mass is 9.70. The van der Waals surface area contributed by atoms with Crippen molar-refractivity contribution in [2.75, 3.05) is 46.4 Å². The van der Waals surface area contributed by atoms with Gasteiger partial charge in [0.05, 0.1) is 36.7 Å². The summed E-state index contributed by atoms with van der Waals surface area (Å²) in [6.45, 7) is 2.08. The van der Waals surface area contributed by atoms with Crippen molar-refractivity contribution in [3.8, 4) is 0 Å².